The van der Waals surface area contributed by atoms with Crippen LogP contribution in [0.4, 0.5) is 0 Å². The van der Waals surface area contributed by atoms with E-state index in [1.807, 2.05) is 25.1 Å². The van der Waals surface area contributed by atoms with Gasteiger partial charge in [-0.3, -0.25) is 0 Å². The van der Waals surface area contributed by atoms with Crippen LogP contribution < -0.4 is 10.1 Å². The minimum atomic E-state index is -3.18. The van der Waals surface area contributed by atoms with E-state index in [4.69, 9.17) is 10.00 Å². The summed E-state index contributed by atoms with van der Waals surface area (Å²) in [6.07, 6.45) is 1.20. The molecule has 1 N–H and O–H groups in total. The van der Waals surface area contributed by atoms with Gasteiger partial charge in [0.05, 0.1) is 23.6 Å². The largest absolute Gasteiger partial charge is 0.496 e. The molecule has 2 aromatic carbocycles. The number of methoxy groups -OCH3 is 1. The zero-order valence-corrected chi connectivity index (χ0v) is 14.7. The molecule has 6 heteroatoms. The lowest BCUT2D eigenvalue weighted by Gasteiger charge is -2.16. The normalized spacial score (nSPS) is 12.4. The van der Waals surface area contributed by atoms with Gasteiger partial charge in [0.25, 0.3) is 0 Å². The van der Waals surface area contributed by atoms with Crippen LogP contribution in [0.3, 0.4) is 0 Å². The molecule has 0 fully saturated rings. The molecule has 0 amide bonds. The summed E-state index contributed by atoms with van der Waals surface area (Å²) in [4.78, 5) is 0.312. The number of rotatable bonds is 6. The zero-order chi connectivity index (χ0) is 17.7. The van der Waals surface area contributed by atoms with E-state index in [-0.39, 0.29) is 6.04 Å². The van der Waals surface area contributed by atoms with Gasteiger partial charge in [-0.05, 0) is 36.8 Å². The molecule has 126 valence electrons. The van der Waals surface area contributed by atoms with Crippen molar-refractivity contribution in [1.29, 1.82) is 5.26 Å². The first kappa shape index (κ1) is 18.0. The lowest BCUT2D eigenvalue weighted by Crippen LogP contribution is -2.18. The van der Waals surface area contributed by atoms with Gasteiger partial charge in [-0.15, -0.1) is 0 Å². The fourth-order valence-electron chi connectivity index (χ4n) is 2.34. The Labute approximate surface area is 142 Å². The topological polar surface area (TPSA) is 79.2 Å². The molecule has 0 saturated heterocycles. The molecule has 0 aliphatic carbocycles. The van der Waals surface area contributed by atoms with Crippen LogP contribution in [-0.2, 0) is 16.4 Å². The molecule has 2 rings (SSSR count). The predicted molar refractivity (Wildman–Crippen MR) is 92.5 cm³/mol. The molecule has 5 nitrogen and oxygen atoms in total. The summed E-state index contributed by atoms with van der Waals surface area (Å²) in [6.45, 7) is 2.58. The number of hydrogen-bond acceptors (Lipinski definition) is 5. The van der Waals surface area contributed by atoms with Gasteiger partial charge in [-0.2, -0.15) is 5.26 Å². The average Bonchev–Trinajstić information content (AvgIpc) is 2.58. The van der Waals surface area contributed by atoms with Crippen LogP contribution in [0.25, 0.3) is 0 Å². The highest BCUT2D eigenvalue weighted by atomic mass is 32.2. The van der Waals surface area contributed by atoms with E-state index < -0.39 is 9.84 Å². The van der Waals surface area contributed by atoms with E-state index >= 15 is 0 Å². The molecule has 2 aromatic rings. The second-order valence-corrected chi connectivity index (χ2v) is 7.60. The summed E-state index contributed by atoms with van der Waals surface area (Å²) in [5, 5.41) is 12.3. The summed E-state index contributed by atoms with van der Waals surface area (Å²) in [5.74, 6) is 0.668. The molecule has 0 aromatic heterocycles. The van der Waals surface area contributed by atoms with Gasteiger partial charge in [-0.1, -0.05) is 18.2 Å². The maximum Gasteiger partial charge on any atom is 0.175 e. The maximum absolute atomic E-state index is 11.5. The third kappa shape index (κ3) is 4.34. The Morgan fingerprint density at radius 3 is 2.42 bits per heavy atom. The highest BCUT2D eigenvalue weighted by molar-refractivity contribution is 7.90. The molecule has 24 heavy (non-hydrogen) atoms. The van der Waals surface area contributed by atoms with Crippen molar-refractivity contribution in [2.24, 2.45) is 0 Å². The Hall–Kier alpha value is -2.36. The Kier molecular flexibility index (Phi) is 5.60. The third-order valence-electron chi connectivity index (χ3n) is 3.82. The Morgan fingerprint density at radius 1 is 1.21 bits per heavy atom. The van der Waals surface area contributed by atoms with Crippen molar-refractivity contribution < 1.29 is 13.2 Å². The van der Waals surface area contributed by atoms with E-state index in [2.05, 4.69) is 11.4 Å². The molecule has 0 saturated carbocycles. The second-order valence-electron chi connectivity index (χ2n) is 5.58. The van der Waals surface area contributed by atoms with Gasteiger partial charge >= 0.3 is 0 Å². The van der Waals surface area contributed by atoms with Crippen molar-refractivity contribution in [1.82, 2.24) is 5.32 Å². The second kappa shape index (κ2) is 7.47. The number of nitrogens with zero attached hydrogens (tertiary/aromatic N) is 1. The number of benzene rings is 2. The van der Waals surface area contributed by atoms with Crippen molar-refractivity contribution in [2.75, 3.05) is 13.4 Å². The zero-order valence-electron chi connectivity index (χ0n) is 13.9. The van der Waals surface area contributed by atoms with Crippen LogP contribution in [0, 0.1) is 11.3 Å². The first-order valence-electron chi connectivity index (χ1n) is 7.45. The van der Waals surface area contributed by atoms with Crippen molar-refractivity contribution >= 4 is 9.84 Å². The maximum atomic E-state index is 11.5. The molecule has 0 aliphatic rings. The summed E-state index contributed by atoms with van der Waals surface area (Å²) >= 11 is 0. The quantitative estimate of drug-likeness (QED) is 0.872. The number of nitrogens with one attached hydrogen (secondary N) is 1. The third-order valence-corrected chi connectivity index (χ3v) is 4.95. The average molecular weight is 344 g/mol. The predicted octanol–water partition coefficient (Wildman–Crippen LogP) is 2.82. The summed E-state index contributed by atoms with van der Waals surface area (Å²) in [6, 6.07) is 14.3. The number of sulfone groups is 1. The minimum Gasteiger partial charge on any atom is -0.496 e. The highest BCUT2D eigenvalue weighted by Gasteiger charge is 2.11. The van der Waals surface area contributed by atoms with Gasteiger partial charge in [0.1, 0.15) is 5.75 Å². The van der Waals surface area contributed by atoms with Crippen molar-refractivity contribution in [3.8, 4) is 11.8 Å². The number of ether oxygens (including phenoxy) is 1. The molecule has 1 unspecified atom stereocenters. The first-order chi connectivity index (χ1) is 11.3. The van der Waals surface area contributed by atoms with Crippen molar-refractivity contribution in [3.05, 3.63) is 59.2 Å². The van der Waals surface area contributed by atoms with Crippen LogP contribution in [0.1, 0.15) is 29.7 Å². The van der Waals surface area contributed by atoms with E-state index in [1.54, 1.807) is 31.4 Å². The SMILES string of the molecule is COc1cc(C#N)ccc1CNC(C)c1ccc(S(C)(=O)=O)cc1. The first-order valence-corrected chi connectivity index (χ1v) is 9.34. The van der Waals surface area contributed by atoms with Crippen LogP contribution in [-0.4, -0.2) is 21.8 Å². The highest BCUT2D eigenvalue weighted by Crippen LogP contribution is 2.22. The van der Waals surface area contributed by atoms with Gasteiger partial charge in [0.15, 0.2) is 9.84 Å². The fraction of sp³-hybridized carbons (Fsp3) is 0.278. The Bertz CT molecular complexity index is 853. The van der Waals surface area contributed by atoms with Crippen molar-refractivity contribution in [2.45, 2.75) is 24.4 Å². The standard InChI is InChI=1S/C18H20N2O3S/c1-13(15-6-8-17(9-7-15)24(3,21)22)20-12-16-5-4-14(11-19)10-18(16)23-2/h4-10,13,20H,12H2,1-3H3. The van der Waals surface area contributed by atoms with E-state index in [1.165, 1.54) is 6.26 Å². The molecule has 0 heterocycles. The van der Waals surface area contributed by atoms with Crippen LogP contribution >= 0.6 is 0 Å². The molecular formula is C18H20N2O3S. The van der Waals surface area contributed by atoms with Crippen LogP contribution in [0.15, 0.2) is 47.4 Å². The molecule has 1 atom stereocenters. The Balaban J connectivity index is 2.08. The molecule has 0 spiro atoms. The number of hydrogen-bond donors (Lipinski definition) is 1. The van der Waals surface area contributed by atoms with Gasteiger partial charge in [0.2, 0.25) is 0 Å². The van der Waals surface area contributed by atoms with E-state index in [9.17, 15) is 8.42 Å². The minimum absolute atomic E-state index is 0.0407. The lowest BCUT2D eigenvalue weighted by atomic mass is 10.1. The summed E-state index contributed by atoms with van der Waals surface area (Å²) in [7, 11) is -1.60. The van der Waals surface area contributed by atoms with E-state index in [0.29, 0.717) is 22.8 Å². The molecular weight excluding hydrogens is 324 g/mol. The van der Waals surface area contributed by atoms with Gasteiger partial charge in [-0.25, -0.2) is 8.42 Å². The lowest BCUT2D eigenvalue weighted by molar-refractivity contribution is 0.406. The monoisotopic (exact) mass is 344 g/mol. The van der Waals surface area contributed by atoms with Gasteiger partial charge < -0.3 is 10.1 Å². The molecule has 0 bridgehead atoms. The summed E-state index contributed by atoms with van der Waals surface area (Å²) < 4.78 is 28.3. The van der Waals surface area contributed by atoms with E-state index in [0.717, 1.165) is 11.1 Å². The smallest absolute Gasteiger partial charge is 0.175 e. The molecule has 0 aliphatic heterocycles. The van der Waals surface area contributed by atoms with Crippen LogP contribution in [0.5, 0.6) is 5.75 Å². The van der Waals surface area contributed by atoms with Crippen molar-refractivity contribution in [3.63, 3.8) is 0 Å². The van der Waals surface area contributed by atoms with Crippen LogP contribution in [0.2, 0.25) is 0 Å². The fourth-order valence-corrected chi connectivity index (χ4v) is 2.98. The summed E-state index contributed by atoms with van der Waals surface area (Å²) in [5.41, 5.74) is 2.51. The number of nitriles is 1. The Morgan fingerprint density at radius 2 is 1.88 bits per heavy atom. The van der Waals surface area contributed by atoms with Gasteiger partial charge in [0, 0.05) is 24.4 Å². The molecule has 0 radical (unpaired) electrons.